The van der Waals surface area contributed by atoms with Crippen molar-refractivity contribution in [1.82, 2.24) is 14.9 Å². The van der Waals surface area contributed by atoms with Crippen LogP contribution in [-0.2, 0) is 11.8 Å². The molecule has 1 aromatic heterocycles. The predicted molar refractivity (Wildman–Crippen MR) is 101 cm³/mol. The van der Waals surface area contributed by atoms with Gasteiger partial charge in [0.1, 0.15) is 17.6 Å². The molecule has 0 fully saturated rings. The minimum Gasteiger partial charge on any atom is -0.484 e. The maximum absolute atomic E-state index is 12.5. The molecule has 0 aliphatic heterocycles. The largest absolute Gasteiger partial charge is 0.484 e. The number of aryl methyl sites for hydroxylation is 3. The SMILES string of the molecule is Cc1ccc(OCC(=O)NC(c2ccccc2)c2nccn2C)c(C)c1. The minimum atomic E-state index is -0.327. The molecule has 134 valence electrons. The van der Waals surface area contributed by atoms with E-state index in [0.29, 0.717) is 0 Å². The van der Waals surface area contributed by atoms with E-state index in [1.807, 2.05) is 80.2 Å². The van der Waals surface area contributed by atoms with E-state index < -0.39 is 0 Å². The van der Waals surface area contributed by atoms with Crippen molar-refractivity contribution in [2.75, 3.05) is 6.61 Å². The molecule has 3 rings (SSSR count). The second-order valence-electron chi connectivity index (χ2n) is 6.37. The molecule has 0 spiro atoms. The Bertz CT molecular complexity index is 887. The van der Waals surface area contributed by atoms with Crippen LogP contribution < -0.4 is 10.1 Å². The fraction of sp³-hybridized carbons (Fsp3) is 0.238. The van der Waals surface area contributed by atoms with Crippen molar-refractivity contribution < 1.29 is 9.53 Å². The Kier molecular flexibility index (Phi) is 5.37. The summed E-state index contributed by atoms with van der Waals surface area (Å²) in [7, 11) is 1.91. The summed E-state index contributed by atoms with van der Waals surface area (Å²) in [5.41, 5.74) is 3.15. The Morgan fingerprint density at radius 2 is 1.96 bits per heavy atom. The molecule has 3 aromatic rings. The summed E-state index contributed by atoms with van der Waals surface area (Å²) >= 11 is 0. The van der Waals surface area contributed by atoms with Gasteiger partial charge in [-0.2, -0.15) is 0 Å². The summed E-state index contributed by atoms with van der Waals surface area (Å²) in [5.74, 6) is 1.30. The number of amides is 1. The zero-order chi connectivity index (χ0) is 18.5. The maximum atomic E-state index is 12.5. The number of hydrogen-bond donors (Lipinski definition) is 1. The molecule has 2 aromatic carbocycles. The highest BCUT2D eigenvalue weighted by Crippen LogP contribution is 2.21. The number of nitrogens with zero attached hydrogens (tertiary/aromatic N) is 2. The highest BCUT2D eigenvalue weighted by Gasteiger charge is 2.20. The van der Waals surface area contributed by atoms with Crippen LogP contribution in [0, 0.1) is 13.8 Å². The van der Waals surface area contributed by atoms with E-state index in [-0.39, 0.29) is 18.6 Å². The number of carbonyl (C=O) groups is 1. The van der Waals surface area contributed by atoms with E-state index in [1.165, 1.54) is 5.56 Å². The first kappa shape index (κ1) is 17.7. The summed E-state index contributed by atoms with van der Waals surface area (Å²) in [6, 6.07) is 15.4. The lowest BCUT2D eigenvalue weighted by atomic mass is 10.1. The third kappa shape index (κ3) is 4.11. The van der Waals surface area contributed by atoms with Gasteiger partial charge in [0.25, 0.3) is 5.91 Å². The van der Waals surface area contributed by atoms with Crippen LogP contribution in [-0.4, -0.2) is 22.1 Å². The van der Waals surface area contributed by atoms with Gasteiger partial charge in [0.15, 0.2) is 6.61 Å². The van der Waals surface area contributed by atoms with Crippen molar-refractivity contribution >= 4 is 5.91 Å². The fourth-order valence-electron chi connectivity index (χ4n) is 2.90. The smallest absolute Gasteiger partial charge is 0.258 e. The average molecular weight is 349 g/mol. The Balaban J connectivity index is 1.72. The quantitative estimate of drug-likeness (QED) is 0.743. The van der Waals surface area contributed by atoms with Crippen LogP contribution in [0.3, 0.4) is 0 Å². The van der Waals surface area contributed by atoms with Crippen LogP contribution in [0.4, 0.5) is 0 Å². The number of ether oxygens (including phenoxy) is 1. The highest BCUT2D eigenvalue weighted by atomic mass is 16.5. The summed E-state index contributed by atoms with van der Waals surface area (Å²) in [6.45, 7) is 3.96. The van der Waals surface area contributed by atoms with Crippen molar-refractivity contribution in [2.45, 2.75) is 19.9 Å². The normalized spacial score (nSPS) is 11.8. The third-order valence-corrected chi connectivity index (χ3v) is 4.24. The lowest BCUT2D eigenvalue weighted by molar-refractivity contribution is -0.123. The Morgan fingerprint density at radius 3 is 2.62 bits per heavy atom. The van der Waals surface area contributed by atoms with Crippen LogP contribution >= 0.6 is 0 Å². The van der Waals surface area contributed by atoms with E-state index in [1.54, 1.807) is 6.20 Å². The zero-order valence-corrected chi connectivity index (χ0v) is 15.3. The number of rotatable bonds is 6. The number of aromatic nitrogens is 2. The molecule has 1 atom stereocenters. The van der Waals surface area contributed by atoms with Crippen LogP contribution in [0.25, 0.3) is 0 Å². The summed E-state index contributed by atoms with van der Waals surface area (Å²) < 4.78 is 7.60. The summed E-state index contributed by atoms with van der Waals surface area (Å²) in [4.78, 5) is 16.9. The lowest BCUT2D eigenvalue weighted by Gasteiger charge is -2.19. The number of hydrogen-bond acceptors (Lipinski definition) is 3. The molecular weight excluding hydrogens is 326 g/mol. The van der Waals surface area contributed by atoms with Crippen LogP contribution in [0.15, 0.2) is 60.9 Å². The Labute approximate surface area is 153 Å². The summed E-state index contributed by atoms with van der Waals surface area (Å²) in [6.07, 6.45) is 3.59. The first-order valence-electron chi connectivity index (χ1n) is 8.56. The lowest BCUT2D eigenvalue weighted by Crippen LogP contribution is -2.34. The van der Waals surface area contributed by atoms with Gasteiger partial charge in [0, 0.05) is 19.4 Å². The standard InChI is InChI=1S/C21H23N3O2/c1-15-9-10-18(16(2)13-15)26-14-19(25)23-20(17-7-5-4-6-8-17)21-22-11-12-24(21)3/h4-13,20H,14H2,1-3H3,(H,23,25). The minimum absolute atomic E-state index is 0.0440. The van der Waals surface area contributed by atoms with Gasteiger partial charge in [0.2, 0.25) is 0 Å². The van der Waals surface area contributed by atoms with Gasteiger partial charge < -0.3 is 14.6 Å². The van der Waals surface area contributed by atoms with Gasteiger partial charge in [0.05, 0.1) is 0 Å². The molecule has 5 heteroatoms. The first-order chi connectivity index (χ1) is 12.5. The van der Waals surface area contributed by atoms with Gasteiger partial charge in [-0.3, -0.25) is 4.79 Å². The Morgan fingerprint density at radius 1 is 1.19 bits per heavy atom. The number of benzene rings is 2. The topological polar surface area (TPSA) is 56.1 Å². The molecule has 1 N–H and O–H groups in total. The predicted octanol–water partition coefficient (Wildman–Crippen LogP) is 3.32. The highest BCUT2D eigenvalue weighted by molar-refractivity contribution is 5.78. The average Bonchev–Trinajstić information content (AvgIpc) is 3.05. The van der Waals surface area contributed by atoms with E-state index in [9.17, 15) is 4.79 Å². The van der Waals surface area contributed by atoms with Crippen molar-refractivity contribution in [3.63, 3.8) is 0 Å². The maximum Gasteiger partial charge on any atom is 0.258 e. The first-order valence-corrected chi connectivity index (χ1v) is 8.56. The van der Waals surface area contributed by atoms with E-state index in [4.69, 9.17) is 4.74 Å². The van der Waals surface area contributed by atoms with Crippen molar-refractivity contribution in [1.29, 1.82) is 0 Å². The monoisotopic (exact) mass is 349 g/mol. The van der Waals surface area contributed by atoms with Gasteiger partial charge >= 0.3 is 0 Å². The van der Waals surface area contributed by atoms with Gasteiger partial charge in [-0.25, -0.2) is 4.98 Å². The molecule has 0 aliphatic carbocycles. The fourth-order valence-corrected chi connectivity index (χ4v) is 2.90. The van der Waals surface area contributed by atoms with E-state index >= 15 is 0 Å². The molecule has 5 nitrogen and oxygen atoms in total. The molecule has 26 heavy (non-hydrogen) atoms. The molecule has 0 saturated heterocycles. The molecule has 1 amide bonds. The van der Waals surface area contributed by atoms with Gasteiger partial charge in [-0.05, 0) is 31.0 Å². The second kappa shape index (κ2) is 7.87. The van der Waals surface area contributed by atoms with Gasteiger partial charge in [-0.1, -0.05) is 48.0 Å². The molecule has 0 bridgehead atoms. The molecular formula is C21H23N3O2. The number of nitrogens with one attached hydrogen (secondary N) is 1. The van der Waals surface area contributed by atoms with Crippen molar-refractivity contribution in [3.05, 3.63) is 83.4 Å². The van der Waals surface area contributed by atoms with Crippen molar-refractivity contribution in [2.24, 2.45) is 7.05 Å². The second-order valence-corrected chi connectivity index (χ2v) is 6.37. The zero-order valence-electron chi connectivity index (χ0n) is 15.3. The van der Waals surface area contributed by atoms with E-state index in [2.05, 4.69) is 10.3 Å². The van der Waals surface area contributed by atoms with Crippen LogP contribution in [0.5, 0.6) is 5.75 Å². The molecule has 0 saturated carbocycles. The summed E-state index contributed by atoms with van der Waals surface area (Å²) in [5, 5.41) is 3.03. The molecule has 1 unspecified atom stereocenters. The molecule has 1 heterocycles. The van der Waals surface area contributed by atoms with Crippen LogP contribution in [0.1, 0.15) is 28.6 Å². The van der Waals surface area contributed by atoms with E-state index in [0.717, 1.165) is 22.7 Å². The molecule has 0 radical (unpaired) electrons. The van der Waals surface area contributed by atoms with Crippen LogP contribution in [0.2, 0.25) is 0 Å². The molecule has 0 aliphatic rings. The third-order valence-electron chi connectivity index (χ3n) is 4.24. The Hall–Kier alpha value is -3.08. The van der Waals surface area contributed by atoms with Gasteiger partial charge in [-0.15, -0.1) is 0 Å². The van der Waals surface area contributed by atoms with Crippen molar-refractivity contribution in [3.8, 4) is 5.75 Å². The number of carbonyl (C=O) groups excluding carboxylic acids is 1. The number of imidazole rings is 1.